The van der Waals surface area contributed by atoms with E-state index in [-0.39, 0.29) is 5.54 Å². The molecule has 1 saturated heterocycles. The Labute approximate surface area is 110 Å². The maximum atomic E-state index is 4.82. The van der Waals surface area contributed by atoms with Crippen molar-refractivity contribution < 1.29 is 0 Å². The number of nitrogens with zero attached hydrogens (tertiary/aromatic N) is 2. The zero-order valence-corrected chi connectivity index (χ0v) is 11.5. The molecule has 0 aromatic rings. The molecule has 0 unspecified atom stereocenters. The van der Waals surface area contributed by atoms with E-state index in [0.29, 0.717) is 6.04 Å². The summed E-state index contributed by atoms with van der Waals surface area (Å²) in [5.41, 5.74) is 0.160. The quantitative estimate of drug-likeness (QED) is 0.729. The normalized spacial score (nSPS) is 29.5. The molecule has 2 heterocycles. The number of piperidine rings is 1. The molecule has 2 aliphatic heterocycles. The van der Waals surface area contributed by atoms with Crippen molar-refractivity contribution in [2.24, 2.45) is 4.99 Å². The second-order valence-electron chi connectivity index (χ2n) is 6.17. The summed E-state index contributed by atoms with van der Waals surface area (Å²) >= 11 is 0. The van der Waals surface area contributed by atoms with Crippen molar-refractivity contribution in [2.75, 3.05) is 33.2 Å². The monoisotopic (exact) mass is 250 g/mol. The van der Waals surface area contributed by atoms with Gasteiger partial charge in [-0.25, -0.2) is 0 Å². The number of amidine groups is 1. The van der Waals surface area contributed by atoms with Crippen molar-refractivity contribution in [3.8, 4) is 0 Å². The van der Waals surface area contributed by atoms with Gasteiger partial charge in [0.05, 0.1) is 12.1 Å². The number of hydrogen-bond donors (Lipinski definition) is 2. The van der Waals surface area contributed by atoms with Crippen molar-refractivity contribution in [3.05, 3.63) is 0 Å². The smallest absolute Gasteiger partial charge is 0.117 e. The number of likely N-dealkylation sites (tertiary alicyclic amines) is 1. The lowest BCUT2D eigenvalue weighted by molar-refractivity contribution is 0.196. The number of hydrogen-bond acceptors (Lipinski definition) is 4. The van der Waals surface area contributed by atoms with Crippen LogP contribution in [0.2, 0.25) is 0 Å². The first-order chi connectivity index (χ1) is 8.78. The highest BCUT2D eigenvalue weighted by atomic mass is 15.2. The molecule has 0 atom stereocenters. The highest BCUT2D eigenvalue weighted by Gasteiger charge is 2.40. The predicted octanol–water partition coefficient (Wildman–Crippen LogP) is 0.985. The predicted molar refractivity (Wildman–Crippen MR) is 75.2 cm³/mol. The first-order valence-electron chi connectivity index (χ1n) is 7.54. The number of rotatable bonds is 1. The van der Waals surface area contributed by atoms with Crippen LogP contribution < -0.4 is 10.6 Å². The van der Waals surface area contributed by atoms with E-state index in [1.807, 2.05) is 0 Å². The number of nitrogens with one attached hydrogen (secondary N) is 2. The third-order valence-corrected chi connectivity index (χ3v) is 4.84. The summed E-state index contributed by atoms with van der Waals surface area (Å²) in [5.74, 6) is 1.27. The standard InChI is InChI=1S/C14H26N4/c1-18-10-6-14(7-11-18)13(15-8-9-16-14)17-12-4-2-3-5-12/h12,16H,2-11H2,1H3,(H,15,17). The second kappa shape index (κ2) is 5.17. The molecule has 0 aromatic heterocycles. The van der Waals surface area contributed by atoms with Gasteiger partial charge in [-0.1, -0.05) is 12.8 Å². The van der Waals surface area contributed by atoms with Crippen molar-refractivity contribution in [2.45, 2.75) is 50.1 Å². The maximum absolute atomic E-state index is 4.82. The van der Waals surface area contributed by atoms with E-state index in [4.69, 9.17) is 4.99 Å². The minimum atomic E-state index is 0.160. The highest BCUT2D eigenvalue weighted by molar-refractivity contribution is 5.92. The lowest BCUT2D eigenvalue weighted by Crippen LogP contribution is -2.64. The molecule has 102 valence electrons. The van der Waals surface area contributed by atoms with Crippen LogP contribution >= 0.6 is 0 Å². The summed E-state index contributed by atoms with van der Waals surface area (Å²) < 4.78 is 0. The molecule has 4 nitrogen and oxygen atoms in total. The molecule has 3 aliphatic rings. The largest absolute Gasteiger partial charge is 0.370 e. The van der Waals surface area contributed by atoms with Crippen LogP contribution in [0.5, 0.6) is 0 Å². The van der Waals surface area contributed by atoms with E-state index < -0.39 is 0 Å². The molecule has 0 bridgehead atoms. The molecule has 1 saturated carbocycles. The molecule has 2 N–H and O–H groups in total. The van der Waals surface area contributed by atoms with Gasteiger partial charge in [-0.05, 0) is 32.7 Å². The Morgan fingerprint density at radius 2 is 2.00 bits per heavy atom. The van der Waals surface area contributed by atoms with Crippen LogP contribution in [0.15, 0.2) is 4.99 Å². The Kier molecular flexibility index (Phi) is 3.57. The summed E-state index contributed by atoms with van der Waals surface area (Å²) in [4.78, 5) is 7.24. The van der Waals surface area contributed by atoms with Gasteiger partial charge in [-0.3, -0.25) is 4.99 Å². The van der Waals surface area contributed by atoms with Gasteiger partial charge in [-0.15, -0.1) is 0 Å². The van der Waals surface area contributed by atoms with E-state index in [9.17, 15) is 0 Å². The van der Waals surface area contributed by atoms with E-state index in [0.717, 1.165) is 13.1 Å². The average molecular weight is 250 g/mol. The summed E-state index contributed by atoms with van der Waals surface area (Å²) in [6.07, 6.45) is 7.82. The van der Waals surface area contributed by atoms with Crippen molar-refractivity contribution >= 4 is 5.84 Å². The highest BCUT2D eigenvalue weighted by Crippen LogP contribution is 2.26. The van der Waals surface area contributed by atoms with E-state index in [1.54, 1.807) is 0 Å². The van der Waals surface area contributed by atoms with Crippen LogP contribution in [-0.4, -0.2) is 55.5 Å². The molecule has 18 heavy (non-hydrogen) atoms. The third kappa shape index (κ3) is 2.41. The fourth-order valence-corrected chi connectivity index (χ4v) is 3.56. The molecular weight excluding hydrogens is 224 g/mol. The van der Waals surface area contributed by atoms with Gasteiger partial charge in [0.2, 0.25) is 0 Å². The Balaban J connectivity index is 1.70. The van der Waals surface area contributed by atoms with E-state index >= 15 is 0 Å². The zero-order valence-electron chi connectivity index (χ0n) is 11.5. The maximum Gasteiger partial charge on any atom is 0.117 e. The van der Waals surface area contributed by atoms with Crippen molar-refractivity contribution in [1.29, 1.82) is 0 Å². The zero-order chi connectivity index (χ0) is 12.4. The average Bonchev–Trinajstić information content (AvgIpc) is 2.89. The Hall–Kier alpha value is -0.610. The Morgan fingerprint density at radius 1 is 1.28 bits per heavy atom. The van der Waals surface area contributed by atoms with Crippen molar-refractivity contribution in [3.63, 3.8) is 0 Å². The molecule has 0 aromatic carbocycles. The molecule has 0 radical (unpaired) electrons. The van der Waals surface area contributed by atoms with Crippen LogP contribution in [0.1, 0.15) is 38.5 Å². The summed E-state index contributed by atoms with van der Waals surface area (Å²) in [6, 6.07) is 0.681. The van der Waals surface area contributed by atoms with Crippen molar-refractivity contribution in [1.82, 2.24) is 15.5 Å². The molecular formula is C14H26N4. The first kappa shape index (κ1) is 12.4. The topological polar surface area (TPSA) is 39.7 Å². The SMILES string of the molecule is CN1CCC2(CC1)NCCN=C2NC1CCCC1. The van der Waals surface area contributed by atoms with E-state index in [2.05, 4.69) is 22.6 Å². The van der Waals surface area contributed by atoms with Crippen LogP contribution in [0.25, 0.3) is 0 Å². The second-order valence-corrected chi connectivity index (χ2v) is 6.17. The summed E-state index contributed by atoms with van der Waals surface area (Å²) in [6.45, 7) is 4.34. The minimum Gasteiger partial charge on any atom is -0.370 e. The van der Waals surface area contributed by atoms with Gasteiger partial charge < -0.3 is 15.5 Å². The molecule has 4 heteroatoms. The fraction of sp³-hybridized carbons (Fsp3) is 0.929. The van der Waals surface area contributed by atoms with Gasteiger partial charge in [0.15, 0.2) is 0 Å². The molecule has 0 amide bonds. The fourth-order valence-electron chi connectivity index (χ4n) is 3.56. The van der Waals surface area contributed by atoms with Gasteiger partial charge in [0, 0.05) is 25.7 Å². The molecule has 2 fully saturated rings. The Bertz CT molecular complexity index is 312. The minimum absolute atomic E-state index is 0.160. The Morgan fingerprint density at radius 3 is 2.72 bits per heavy atom. The van der Waals surface area contributed by atoms with Crippen LogP contribution in [0.3, 0.4) is 0 Å². The number of aliphatic imine (C=N–C) groups is 1. The van der Waals surface area contributed by atoms with Crippen LogP contribution in [-0.2, 0) is 0 Å². The summed E-state index contributed by atoms with van der Waals surface area (Å²) in [7, 11) is 2.22. The van der Waals surface area contributed by atoms with Gasteiger partial charge in [-0.2, -0.15) is 0 Å². The molecule has 1 aliphatic carbocycles. The van der Waals surface area contributed by atoms with Gasteiger partial charge in [0.25, 0.3) is 0 Å². The van der Waals surface area contributed by atoms with Crippen LogP contribution in [0, 0.1) is 0 Å². The third-order valence-electron chi connectivity index (χ3n) is 4.84. The molecule has 1 spiro atoms. The lowest BCUT2D eigenvalue weighted by Gasteiger charge is -2.44. The van der Waals surface area contributed by atoms with Gasteiger partial charge >= 0.3 is 0 Å². The lowest BCUT2D eigenvalue weighted by atomic mass is 9.84. The van der Waals surface area contributed by atoms with Gasteiger partial charge in [0.1, 0.15) is 5.84 Å². The summed E-state index contributed by atoms with van der Waals surface area (Å²) in [5, 5.41) is 7.52. The van der Waals surface area contributed by atoms with Crippen LogP contribution in [0.4, 0.5) is 0 Å². The molecule has 3 rings (SSSR count). The van der Waals surface area contributed by atoms with E-state index in [1.165, 1.54) is 57.5 Å². The first-order valence-corrected chi connectivity index (χ1v) is 7.54.